The van der Waals surface area contributed by atoms with Crippen LogP contribution in [0.5, 0.6) is 5.75 Å². The van der Waals surface area contributed by atoms with Gasteiger partial charge in [-0.1, -0.05) is 38.2 Å². The predicted octanol–water partition coefficient (Wildman–Crippen LogP) is 5.34. The maximum Gasteiger partial charge on any atom is 0.347 e. The number of aryl methyl sites for hydroxylation is 1. The van der Waals surface area contributed by atoms with Crippen LogP contribution in [0.2, 0.25) is 0 Å². The van der Waals surface area contributed by atoms with Gasteiger partial charge in [0, 0.05) is 0 Å². The highest BCUT2D eigenvalue weighted by molar-refractivity contribution is 5.75. The summed E-state index contributed by atoms with van der Waals surface area (Å²) in [5, 5.41) is 0. The maximum atomic E-state index is 13.9. The van der Waals surface area contributed by atoms with E-state index in [9.17, 15) is 13.6 Å². The van der Waals surface area contributed by atoms with Gasteiger partial charge in [-0.05, 0) is 62.0 Å². The molecule has 2 fully saturated rings. The Kier molecular flexibility index (Phi) is 5.65. The standard InChI is InChI=1S/C22H28F2O3/c23-18-12-8-16-9-13-19(27-21(16)20(18)24)22(25)26-17-10-6-15(7-11-17)14-4-2-1-3-5-14/h8,12,14-15,17,19H,1-7,9-11,13H2. The molecular formula is C22H28F2O3. The summed E-state index contributed by atoms with van der Waals surface area (Å²) in [6.07, 6.45) is 10.9. The van der Waals surface area contributed by atoms with Crippen molar-refractivity contribution >= 4 is 5.97 Å². The molecule has 0 amide bonds. The molecule has 0 radical (unpaired) electrons. The monoisotopic (exact) mass is 378 g/mol. The average Bonchev–Trinajstić information content (AvgIpc) is 2.72. The van der Waals surface area contributed by atoms with Crippen molar-refractivity contribution in [1.82, 2.24) is 0 Å². The first-order chi connectivity index (χ1) is 13.1. The second-order valence-corrected chi connectivity index (χ2v) is 8.37. The van der Waals surface area contributed by atoms with Gasteiger partial charge in [-0.15, -0.1) is 0 Å². The zero-order valence-corrected chi connectivity index (χ0v) is 15.7. The fourth-order valence-electron chi connectivity index (χ4n) is 5.07. The lowest BCUT2D eigenvalue weighted by molar-refractivity contribution is -0.160. The van der Waals surface area contributed by atoms with Crippen molar-refractivity contribution in [1.29, 1.82) is 0 Å². The molecule has 1 aromatic carbocycles. The highest BCUT2D eigenvalue weighted by Gasteiger charge is 2.34. The number of fused-ring (bicyclic) bond motifs is 1. The first-order valence-electron chi connectivity index (χ1n) is 10.5. The third kappa shape index (κ3) is 4.12. The van der Waals surface area contributed by atoms with Crippen molar-refractivity contribution in [3.63, 3.8) is 0 Å². The lowest BCUT2D eigenvalue weighted by Crippen LogP contribution is -2.37. The molecule has 0 bridgehead atoms. The SMILES string of the molecule is O=C(OC1CCC(C2CCCCC2)CC1)C1CCc2ccc(F)c(F)c2O1. The number of hydrogen-bond acceptors (Lipinski definition) is 3. The second-order valence-electron chi connectivity index (χ2n) is 8.37. The number of esters is 1. The molecule has 27 heavy (non-hydrogen) atoms. The molecule has 4 rings (SSSR count). The minimum Gasteiger partial charge on any atom is -0.475 e. The van der Waals surface area contributed by atoms with Gasteiger partial charge in [-0.3, -0.25) is 0 Å². The van der Waals surface area contributed by atoms with Crippen molar-refractivity contribution in [2.75, 3.05) is 0 Å². The van der Waals surface area contributed by atoms with Gasteiger partial charge in [0.05, 0.1) is 0 Å². The minimum atomic E-state index is -1.02. The zero-order chi connectivity index (χ0) is 18.8. The van der Waals surface area contributed by atoms with E-state index >= 15 is 0 Å². The van der Waals surface area contributed by atoms with Crippen molar-refractivity contribution in [3.8, 4) is 5.75 Å². The van der Waals surface area contributed by atoms with E-state index in [2.05, 4.69) is 0 Å². The minimum absolute atomic E-state index is 0.0697. The van der Waals surface area contributed by atoms with E-state index in [4.69, 9.17) is 9.47 Å². The molecule has 148 valence electrons. The van der Waals surface area contributed by atoms with Gasteiger partial charge in [0.25, 0.3) is 0 Å². The average molecular weight is 378 g/mol. The second kappa shape index (κ2) is 8.15. The number of halogens is 2. The van der Waals surface area contributed by atoms with Crippen molar-refractivity contribution in [3.05, 3.63) is 29.3 Å². The van der Waals surface area contributed by atoms with Crippen LogP contribution in [0.1, 0.15) is 69.8 Å². The number of carbonyl (C=O) groups excluding carboxylic acids is 1. The Morgan fingerprint density at radius 2 is 1.63 bits per heavy atom. The summed E-state index contributed by atoms with van der Waals surface area (Å²) in [4.78, 5) is 12.5. The predicted molar refractivity (Wildman–Crippen MR) is 97.5 cm³/mol. The lowest BCUT2D eigenvalue weighted by atomic mass is 9.73. The van der Waals surface area contributed by atoms with Crippen LogP contribution in [0.15, 0.2) is 12.1 Å². The summed E-state index contributed by atoms with van der Waals surface area (Å²) in [6.45, 7) is 0. The summed E-state index contributed by atoms with van der Waals surface area (Å²) < 4.78 is 38.5. The highest BCUT2D eigenvalue weighted by atomic mass is 19.2. The van der Waals surface area contributed by atoms with Gasteiger partial charge in [0.1, 0.15) is 6.10 Å². The molecule has 0 spiro atoms. The third-order valence-electron chi connectivity index (χ3n) is 6.65. The number of ether oxygens (including phenoxy) is 2. The smallest absolute Gasteiger partial charge is 0.347 e. The summed E-state index contributed by atoms with van der Waals surface area (Å²) in [5.41, 5.74) is 0.603. The van der Waals surface area contributed by atoms with E-state index in [1.165, 1.54) is 38.2 Å². The molecule has 0 aromatic heterocycles. The number of benzene rings is 1. The Balaban J connectivity index is 1.29. The van der Waals surface area contributed by atoms with E-state index in [1.54, 1.807) is 0 Å². The number of rotatable bonds is 3. The molecule has 1 aromatic rings. The first-order valence-corrected chi connectivity index (χ1v) is 10.5. The Hall–Kier alpha value is -1.65. The van der Waals surface area contributed by atoms with Crippen LogP contribution in [0.25, 0.3) is 0 Å². The van der Waals surface area contributed by atoms with Gasteiger partial charge in [0.2, 0.25) is 5.82 Å². The van der Waals surface area contributed by atoms with Crippen molar-refractivity contribution < 1.29 is 23.0 Å². The van der Waals surface area contributed by atoms with E-state index in [0.717, 1.165) is 43.6 Å². The quantitative estimate of drug-likeness (QED) is 0.666. The van der Waals surface area contributed by atoms with Crippen LogP contribution >= 0.6 is 0 Å². The Morgan fingerprint density at radius 3 is 2.37 bits per heavy atom. The van der Waals surface area contributed by atoms with Gasteiger partial charge in [-0.25, -0.2) is 9.18 Å². The topological polar surface area (TPSA) is 35.5 Å². The van der Waals surface area contributed by atoms with Gasteiger partial charge in [0.15, 0.2) is 17.7 Å². The van der Waals surface area contributed by atoms with E-state index < -0.39 is 23.7 Å². The summed E-state index contributed by atoms with van der Waals surface area (Å²) in [7, 11) is 0. The number of hydrogen-bond donors (Lipinski definition) is 0. The van der Waals surface area contributed by atoms with Crippen LogP contribution in [0, 0.1) is 23.5 Å². The Bertz CT molecular complexity index is 676. The van der Waals surface area contributed by atoms with Gasteiger partial charge in [-0.2, -0.15) is 4.39 Å². The molecule has 1 unspecified atom stereocenters. The van der Waals surface area contributed by atoms with E-state index in [0.29, 0.717) is 18.4 Å². The molecule has 5 heteroatoms. The van der Waals surface area contributed by atoms with Crippen LogP contribution in [0.4, 0.5) is 8.78 Å². The fraction of sp³-hybridized carbons (Fsp3) is 0.682. The fourth-order valence-corrected chi connectivity index (χ4v) is 5.07. The van der Waals surface area contributed by atoms with Gasteiger partial charge < -0.3 is 9.47 Å². The normalized spacial score (nSPS) is 28.9. The Labute approximate surface area is 159 Å². The summed E-state index contributed by atoms with van der Waals surface area (Å²) >= 11 is 0. The van der Waals surface area contributed by atoms with Gasteiger partial charge >= 0.3 is 5.97 Å². The molecule has 3 nitrogen and oxygen atoms in total. The molecular weight excluding hydrogens is 350 g/mol. The third-order valence-corrected chi connectivity index (χ3v) is 6.65. The largest absolute Gasteiger partial charge is 0.475 e. The van der Waals surface area contributed by atoms with E-state index in [-0.39, 0.29) is 11.9 Å². The zero-order valence-electron chi connectivity index (χ0n) is 15.7. The molecule has 2 saturated carbocycles. The van der Waals surface area contributed by atoms with Crippen LogP contribution in [-0.4, -0.2) is 18.2 Å². The first kappa shape index (κ1) is 18.7. The van der Waals surface area contributed by atoms with Crippen LogP contribution in [-0.2, 0) is 16.0 Å². The molecule has 2 aliphatic carbocycles. The van der Waals surface area contributed by atoms with Crippen LogP contribution in [0.3, 0.4) is 0 Å². The Morgan fingerprint density at radius 1 is 0.926 bits per heavy atom. The molecule has 0 N–H and O–H groups in total. The number of carbonyl (C=O) groups is 1. The summed E-state index contributed by atoms with van der Waals surface area (Å²) in [6, 6.07) is 2.61. The van der Waals surface area contributed by atoms with E-state index in [1.807, 2.05) is 0 Å². The summed E-state index contributed by atoms with van der Waals surface area (Å²) in [5.74, 6) is -0.919. The van der Waals surface area contributed by atoms with Crippen LogP contribution < -0.4 is 4.74 Å². The molecule has 1 atom stereocenters. The van der Waals surface area contributed by atoms with Crippen molar-refractivity contribution in [2.24, 2.45) is 11.8 Å². The molecule has 0 saturated heterocycles. The van der Waals surface area contributed by atoms with Crippen molar-refractivity contribution in [2.45, 2.75) is 82.8 Å². The molecule has 1 heterocycles. The maximum absolute atomic E-state index is 13.9. The molecule has 3 aliphatic rings. The lowest BCUT2D eigenvalue weighted by Gasteiger charge is -2.36. The molecule has 1 aliphatic heterocycles. The highest BCUT2D eigenvalue weighted by Crippen LogP contribution is 2.39.